The van der Waals surface area contributed by atoms with Crippen LogP contribution in [-0.4, -0.2) is 0 Å². The third-order valence-electron chi connectivity index (χ3n) is 3.85. The molecule has 0 nitrogen and oxygen atoms in total. The van der Waals surface area contributed by atoms with Crippen LogP contribution in [0.4, 0.5) is 0 Å². The van der Waals surface area contributed by atoms with Gasteiger partial charge in [0.05, 0.1) is 0 Å². The largest absolute Gasteiger partial charge is 0.0558 e. The predicted molar refractivity (Wildman–Crippen MR) is 62.0 cm³/mol. The van der Waals surface area contributed by atoms with E-state index in [-0.39, 0.29) is 0 Å². The van der Waals surface area contributed by atoms with Crippen molar-refractivity contribution in [2.75, 3.05) is 0 Å². The Morgan fingerprint density at radius 3 is 2.36 bits per heavy atom. The first-order valence-electron chi connectivity index (χ1n) is 5.53. The van der Waals surface area contributed by atoms with Crippen molar-refractivity contribution in [2.45, 2.75) is 52.9 Å². The van der Waals surface area contributed by atoms with Gasteiger partial charge in [-0.3, -0.25) is 0 Å². The van der Waals surface area contributed by atoms with E-state index in [1.54, 1.807) is 11.1 Å². The van der Waals surface area contributed by atoms with E-state index < -0.39 is 0 Å². The summed E-state index contributed by atoms with van der Waals surface area (Å²) in [5.41, 5.74) is 8.13. The Hall–Kier alpha value is -0.780. The van der Waals surface area contributed by atoms with Crippen LogP contribution in [0, 0.1) is 20.8 Å². The van der Waals surface area contributed by atoms with E-state index in [1.165, 1.54) is 29.5 Å². The van der Waals surface area contributed by atoms with Crippen LogP contribution in [0.25, 0.3) is 0 Å². The molecule has 1 aromatic carbocycles. The van der Waals surface area contributed by atoms with Crippen LogP contribution in [0.3, 0.4) is 0 Å². The van der Waals surface area contributed by atoms with Gasteiger partial charge in [0.25, 0.3) is 0 Å². The molecule has 1 aliphatic carbocycles. The summed E-state index contributed by atoms with van der Waals surface area (Å²) in [5.74, 6) is 0. The van der Waals surface area contributed by atoms with E-state index in [0.717, 1.165) is 0 Å². The van der Waals surface area contributed by atoms with Gasteiger partial charge in [-0.05, 0) is 66.8 Å². The van der Waals surface area contributed by atoms with Crippen LogP contribution >= 0.6 is 0 Å². The average molecular weight is 188 g/mol. The lowest BCUT2D eigenvalue weighted by Gasteiger charge is -2.23. The Balaban J connectivity index is 2.75. The van der Waals surface area contributed by atoms with Crippen LogP contribution in [-0.2, 0) is 11.8 Å². The number of aryl methyl sites for hydroxylation is 2. The maximum Gasteiger partial charge on any atom is -0.00948 e. The van der Waals surface area contributed by atoms with E-state index in [9.17, 15) is 0 Å². The van der Waals surface area contributed by atoms with E-state index in [0.29, 0.717) is 5.41 Å². The highest BCUT2D eigenvalue weighted by Gasteiger charge is 2.32. The SMILES string of the molecule is Cc1cc(C)c2c(c1C)C(C)(C)CC2. The van der Waals surface area contributed by atoms with Crippen molar-refractivity contribution in [3.8, 4) is 0 Å². The van der Waals surface area contributed by atoms with Gasteiger partial charge in [-0.1, -0.05) is 19.9 Å². The maximum atomic E-state index is 2.38. The van der Waals surface area contributed by atoms with Gasteiger partial charge < -0.3 is 0 Å². The molecular formula is C14H20. The van der Waals surface area contributed by atoms with Crippen molar-refractivity contribution in [1.82, 2.24) is 0 Å². The summed E-state index contributed by atoms with van der Waals surface area (Å²) in [7, 11) is 0. The van der Waals surface area contributed by atoms with Crippen molar-refractivity contribution in [3.05, 3.63) is 33.9 Å². The van der Waals surface area contributed by atoms with Gasteiger partial charge in [-0.15, -0.1) is 0 Å². The molecule has 0 atom stereocenters. The summed E-state index contributed by atoms with van der Waals surface area (Å²) in [5, 5.41) is 0. The Labute approximate surface area is 87.3 Å². The molecule has 0 saturated carbocycles. The molecule has 0 amide bonds. The molecule has 0 aliphatic heterocycles. The quantitative estimate of drug-likeness (QED) is 0.580. The molecule has 0 heterocycles. The van der Waals surface area contributed by atoms with Crippen molar-refractivity contribution in [3.63, 3.8) is 0 Å². The fourth-order valence-electron chi connectivity index (χ4n) is 2.94. The first-order valence-corrected chi connectivity index (χ1v) is 5.53. The molecule has 1 aromatic rings. The normalized spacial score (nSPS) is 18.4. The summed E-state index contributed by atoms with van der Waals surface area (Å²) >= 11 is 0. The van der Waals surface area contributed by atoms with E-state index in [4.69, 9.17) is 0 Å². The Morgan fingerprint density at radius 2 is 1.71 bits per heavy atom. The van der Waals surface area contributed by atoms with Gasteiger partial charge in [0.1, 0.15) is 0 Å². The highest BCUT2D eigenvalue weighted by atomic mass is 14.4. The molecule has 0 aromatic heterocycles. The van der Waals surface area contributed by atoms with Gasteiger partial charge in [0.15, 0.2) is 0 Å². The highest BCUT2D eigenvalue weighted by Crippen LogP contribution is 2.42. The predicted octanol–water partition coefficient (Wildman–Crippen LogP) is 3.84. The average Bonchev–Trinajstić information content (AvgIpc) is 2.38. The van der Waals surface area contributed by atoms with Crippen LogP contribution in [0.15, 0.2) is 6.07 Å². The molecule has 0 radical (unpaired) electrons. The summed E-state index contributed by atoms with van der Waals surface area (Å²) < 4.78 is 0. The number of rotatable bonds is 0. The minimum atomic E-state index is 0.399. The topological polar surface area (TPSA) is 0 Å². The van der Waals surface area contributed by atoms with Gasteiger partial charge in [-0.25, -0.2) is 0 Å². The van der Waals surface area contributed by atoms with Crippen molar-refractivity contribution >= 4 is 0 Å². The van der Waals surface area contributed by atoms with Crippen LogP contribution in [0.1, 0.15) is 48.1 Å². The Kier molecular flexibility index (Phi) is 1.99. The monoisotopic (exact) mass is 188 g/mol. The summed E-state index contributed by atoms with van der Waals surface area (Å²) in [6, 6.07) is 2.34. The molecule has 0 unspecified atom stereocenters. The molecule has 0 spiro atoms. The van der Waals surface area contributed by atoms with Crippen molar-refractivity contribution in [1.29, 1.82) is 0 Å². The lowest BCUT2D eigenvalue weighted by molar-refractivity contribution is 0.519. The minimum Gasteiger partial charge on any atom is -0.0558 e. The summed E-state index contributed by atoms with van der Waals surface area (Å²) in [6.45, 7) is 11.5. The smallest absolute Gasteiger partial charge is 0.00948 e. The fraction of sp³-hybridized carbons (Fsp3) is 0.571. The fourth-order valence-corrected chi connectivity index (χ4v) is 2.94. The molecule has 0 heteroatoms. The zero-order valence-corrected chi connectivity index (χ0v) is 9.99. The molecular weight excluding hydrogens is 168 g/mol. The second-order valence-corrected chi connectivity index (χ2v) is 5.37. The zero-order valence-electron chi connectivity index (χ0n) is 9.99. The standard InChI is InChI=1S/C14H20/c1-9-8-10(2)12-6-7-14(4,5)13(12)11(9)3/h8H,6-7H2,1-5H3. The first kappa shape index (κ1) is 9.76. The van der Waals surface area contributed by atoms with Gasteiger partial charge in [0.2, 0.25) is 0 Å². The third-order valence-corrected chi connectivity index (χ3v) is 3.85. The first-order chi connectivity index (χ1) is 6.43. The van der Waals surface area contributed by atoms with Gasteiger partial charge in [-0.2, -0.15) is 0 Å². The summed E-state index contributed by atoms with van der Waals surface area (Å²) in [4.78, 5) is 0. The van der Waals surface area contributed by atoms with Crippen molar-refractivity contribution in [2.24, 2.45) is 0 Å². The highest BCUT2D eigenvalue weighted by molar-refractivity contribution is 5.51. The zero-order chi connectivity index (χ0) is 10.5. The van der Waals surface area contributed by atoms with E-state index in [2.05, 4.69) is 40.7 Å². The third kappa shape index (κ3) is 1.20. The Morgan fingerprint density at radius 1 is 1.07 bits per heavy atom. The van der Waals surface area contributed by atoms with Crippen LogP contribution in [0.5, 0.6) is 0 Å². The number of hydrogen-bond donors (Lipinski definition) is 0. The minimum absolute atomic E-state index is 0.399. The molecule has 14 heavy (non-hydrogen) atoms. The second kappa shape index (κ2) is 2.85. The van der Waals surface area contributed by atoms with Crippen LogP contribution < -0.4 is 0 Å². The summed E-state index contributed by atoms with van der Waals surface area (Å²) in [6.07, 6.45) is 2.59. The number of benzene rings is 1. The molecule has 0 fully saturated rings. The maximum absolute atomic E-state index is 2.38. The van der Waals surface area contributed by atoms with Gasteiger partial charge in [0, 0.05) is 0 Å². The van der Waals surface area contributed by atoms with Gasteiger partial charge >= 0.3 is 0 Å². The molecule has 0 saturated heterocycles. The molecule has 0 bridgehead atoms. The van der Waals surface area contributed by atoms with Crippen molar-refractivity contribution < 1.29 is 0 Å². The second-order valence-electron chi connectivity index (χ2n) is 5.37. The number of fused-ring (bicyclic) bond motifs is 1. The lowest BCUT2D eigenvalue weighted by Crippen LogP contribution is -2.14. The van der Waals surface area contributed by atoms with E-state index in [1.807, 2.05) is 0 Å². The Bertz CT molecular complexity index is 384. The molecule has 1 aliphatic rings. The molecule has 76 valence electrons. The number of hydrogen-bond acceptors (Lipinski definition) is 0. The van der Waals surface area contributed by atoms with E-state index >= 15 is 0 Å². The van der Waals surface area contributed by atoms with Crippen LogP contribution in [0.2, 0.25) is 0 Å². The molecule has 2 rings (SSSR count). The molecule has 0 N–H and O–H groups in total. The lowest BCUT2D eigenvalue weighted by atomic mass is 9.82.